The smallest absolute Gasteiger partial charge is 0.167 e. The summed E-state index contributed by atoms with van der Waals surface area (Å²) in [5, 5.41) is 0. The molecule has 0 bridgehead atoms. The first-order valence-electron chi connectivity index (χ1n) is 13.7. The summed E-state index contributed by atoms with van der Waals surface area (Å²) < 4.78 is 73.0. The molecule has 0 N–H and O–H groups in total. The molecule has 3 aromatic heterocycles. The Kier molecular flexibility index (Phi) is 8.32. The van der Waals surface area contributed by atoms with Gasteiger partial charge in [0.15, 0.2) is 27.3 Å². The molecule has 4 aromatic rings. The lowest BCUT2D eigenvalue weighted by molar-refractivity contribution is 0.220. The van der Waals surface area contributed by atoms with E-state index in [1.54, 1.807) is 19.3 Å². The molecule has 0 radical (unpaired) electrons. The highest BCUT2D eigenvalue weighted by Crippen LogP contribution is 2.36. The molecular formula is C29H33F3N6O2S. The van der Waals surface area contributed by atoms with Gasteiger partial charge in [-0.15, -0.1) is 0 Å². The molecule has 1 aromatic carbocycles. The second-order valence-corrected chi connectivity index (χ2v) is 12.6. The maximum absolute atomic E-state index is 15.9. The third-order valence-electron chi connectivity index (χ3n) is 7.75. The van der Waals surface area contributed by atoms with Crippen molar-refractivity contribution < 1.29 is 21.6 Å². The number of benzene rings is 1. The fourth-order valence-corrected chi connectivity index (χ4v) is 6.99. The average molecular weight is 587 g/mol. The summed E-state index contributed by atoms with van der Waals surface area (Å²) >= 11 is 0. The number of fused-ring (bicyclic) bond motifs is 1. The monoisotopic (exact) mass is 586 g/mol. The van der Waals surface area contributed by atoms with Gasteiger partial charge in [-0.3, -0.25) is 0 Å². The number of aromatic nitrogens is 4. The van der Waals surface area contributed by atoms with Crippen molar-refractivity contribution >= 4 is 26.7 Å². The Labute approximate surface area is 237 Å². The molecule has 1 fully saturated rings. The van der Waals surface area contributed by atoms with Crippen LogP contribution in [0.2, 0.25) is 0 Å². The van der Waals surface area contributed by atoms with Gasteiger partial charge in [0.25, 0.3) is 0 Å². The summed E-state index contributed by atoms with van der Waals surface area (Å²) in [6, 6.07) is 3.47. The SMILES string of the molecule is CCCS(=O)(=O)Cc1ccc(F)c(-n2cc(-c3cncnc3)c3nc(N(C)C4CCN(CC)CC4)c(F)cc32)c1F. The Bertz CT molecular complexity index is 1650. The van der Waals surface area contributed by atoms with Gasteiger partial charge < -0.3 is 14.4 Å². The molecule has 12 heteroatoms. The average Bonchev–Trinajstić information content (AvgIpc) is 3.32. The molecule has 4 heterocycles. The molecule has 8 nitrogen and oxygen atoms in total. The topological polar surface area (TPSA) is 84.2 Å². The van der Waals surface area contributed by atoms with Gasteiger partial charge in [0, 0.05) is 67.5 Å². The summed E-state index contributed by atoms with van der Waals surface area (Å²) in [5.74, 6) is -3.12. The van der Waals surface area contributed by atoms with Crippen LogP contribution in [0.3, 0.4) is 0 Å². The van der Waals surface area contributed by atoms with Gasteiger partial charge in [-0.1, -0.05) is 19.9 Å². The number of pyridine rings is 1. The summed E-state index contributed by atoms with van der Waals surface area (Å²) in [7, 11) is -1.80. The van der Waals surface area contributed by atoms with Crippen molar-refractivity contribution in [2.24, 2.45) is 0 Å². The van der Waals surface area contributed by atoms with Crippen LogP contribution in [0.15, 0.2) is 43.1 Å². The molecule has 41 heavy (non-hydrogen) atoms. The van der Waals surface area contributed by atoms with E-state index in [1.165, 1.54) is 23.2 Å². The molecule has 0 amide bonds. The van der Waals surface area contributed by atoms with Gasteiger partial charge in [0.1, 0.15) is 17.8 Å². The van der Waals surface area contributed by atoms with Gasteiger partial charge >= 0.3 is 0 Å². The predicted octanol–water partition coefficient (Wildman–Crippen LogP) is 5.15. The van der Waals surface area contributed by atoms with Crippen molar-refractivity contribution in [1.29, 1.82) is 0 Å². The van der Waals surface area contributed by atoms with E-state index in [4.69, 9.17) is 4.98 Å². The predicted molar refractivity (Wildman–Crippen MR) is 153 cm³/mol. The van der Waals surface area contributed by atoms with Crippen molar-refractivity contribution in [2.45, 2.75) is 44.9 Å². The molecule has 1 saturated heterocycles. The lowest BCUT2D eigenvalue weighted by atomic mass is 10.0. The van der Waals surface area contributed by atoms with Crippen molar-refractivity contribution in [3.63, 3.8) is 0 Å². The number of rotatable bonds is 9. The van der Waals surface area contributed by atoms with E-state index in [1.807, 2.05) is 11.9 Å². The van der Waals surface area contributed by atoms with Crippen molar-refractivity contribution in [3.8, 4) is 16.8 Å². The minimum atomic E-state index is -3.61. The van der Waals surface area contributed by atoms with E-state index in [0.29, 0.717) is 23.1 Å². The molecule has 0 spiro atoms. The largest absolute Gasteiger partial charge is 0.354 e. The normalized spacial score (nSPS) is 15.1. The Morgan fingerprint density at radius 2 is 1.76 bits per heavy atom. The fourth-order valence-electron chi connectivity index (χ4n) is 5.52. The zero-order valence-corrected chi connectivity index (χ0v) is 24.1. The standard InChI is InChI=1S/C29H33F3N6O2S/c1-4-12-41(39,40)17-19-6-7-23(30)28(26(19)32)38-16-22(20-14-33-18-34-15-20)27-25(38)13-24(31)29(35-27)36(3)21-8-10-37(5-2)11-9-21/h6-7,13-16,18,21H,4-5,8-12,17H2,1-3H3. The van der Waals surface area contributed by atoms with Gasteiger partial charge in [-0.25, -0.2) is 36.5 Å². The second-order valence-electron chi connectivity index (χ2n) is 10.4. The zero-order chi connectivity index (χ0) is 29.3. The van der Waals surface area contributed by atoms with Crippen LogP contribution in [0.1, 0.15) is 38.7 Å². The molecule has 0 atom stereocenters. The molecule has 0 unspecified atom stereocenters. The van der Waals surface area contributed by atoms with E-state index in [0.717, 1.165) is 44.6 Å². The maximum Gasteiger partial charge on any atom is 0.167 e. The Morgan fingerprint density at radius 3 is 2.41 bits per heavy atom. The first-order valence-corrected chi connectivity index (χ1v) is 15.6. The van der Waals surface area contributed by atoms with E-state index in [2.05, 4.69) is 21.8 Å². The van der Waals surface area contributed by atoms with Crippen LogP contribution < -0.4 is 4.90 Å². The van der Waals surface area contributed by atoms with Gasteiger partial charge in [-0.05, 0) is 31.9 Å². The lowest BCUT2D eigenvalue weighted by Crippen LogP contribution is -2.43. The van der Waals surface area contributed by atoms with Crippen molar-refractivity contribution in [3.05, 3.63) is 66.1 Å². The van der Waals surface area contributed by atoms with E-state index < -0.39 is 38.7 Å². The first kappa shape index (κ1) is 29.0. The third kappa shape index (κ3) is 5.80. The Morgan fingerprint density at radius 1 is 1.05 bits per heavy atom. The number of piperidine rings is 1. The van der Waals surface area contributed by atoms with Crippen molar-refractivity contribution in [2.75, 3.05) is 37.3 Å². The Hall–Kier alpha value is -3.51. The Balaban J connectivity index is 1.66. The molecule has 1 aliphatic heterocycles. The molecule has 5 rings (SSSR count). The molecule has 1 aliphatic rings. The fraction of sp³-hybridized carbons (Fsp3) is 0.414. The summed E-state index contributed by atoms with van der Waals surface area (Å²) in [4.78, 5) is 17.0. The van der Waals surface area contributed by atoms with Gasteiger partial charge in [0.2, 0.25) is 0 Å². The summed E-state index contributed by atoms with van der Waals surface area (Å²) in [6.45, 7) is 6.60. The van der Waals surface area contributed by atoms with Gasteiger partial charge in [-0.2, -0.15) is 0 Å². The quantitative estimate of drug-likeness (QED) is 0.268. The lowest BCUT2D eigenvalue weighted by Gasteiger charge is -2.37. The molecule has 0 aliphatic carbocycles. The molecule has 218 valence electrons. The number of halogens is 3. The second kappa shape index (κ2) is 11.8. The number of likely N-dealkylation sites (tertiary alicyclic amines) is 1. The molecular weight excluding hydrogens is 553 g/mol. The summed E-state index contributed by atoms with van der Waals surface area (Å²) in [6.07, 6.45) is 8.00. The van der Waals surface area contributed by atoms with Crippen LogP contribution in [0.4, 0.5) is 19.0 Å². The number of hydrogen-bond donors (Lipinski definition) is 0. The van der Waals surface area contributed by atoms with E-state index in [-0.39, 0.29) is 28.7 Å². The highest BCUT2D eigenvalue weighted by molar-refractivity contribution is 7.90. The zero-order valence-electron chi connectivity index (χ0n) is 23.3. The summed E-state index contributed by atoms with van der Waals surface area (Å²) in [5.41, 5.74) is 0.769. The van der Waals surface area contributed by atoms with Crippen LogP contribution in [0, 0.1) is 17.5 Å². The highest BCUT2D eigenvalue weighted by Gasteiger charge is 2.28. The third-order valence-corrected chi connectivity index (χ3v) is 9.53. The number of sulfone groups is 1. The molecule has 0 saturated carbocycles. The van der Waals surface area contributed by atoms with E-state index >= 15 is 13.2 Å². The number of nitrogens with zero attached hydrogens (tertiary/aromatic N) is 6. The van der Waals surface area contributed by atoms with Crippen LogP contribution in [-0.2, 0) is 15.6 Å². The number of anilines is 1. The maximum atomic E-state index is 15.9. The van der Waals surface area contributed by atoms with Crippen LogP contribution in [-0.4, -0.2) is 71.3 Å². The van der Waals surface area contributed by atoms with E-state index in [9.17, 15) is 8.42 Å². The minimum absolute atomic E-state index is 0.0829. The van der Waals surface area contributed by atoms with Crippen molar-refractivity contribution in [1.82, 2.24) is 24.4 Å². The highest BCUT2D eigenvalue weighted by atomic mass is 32.2. The van der Waals surface area contributed by atoms with Crippen LogP contribution >= 0.6 is 0 Å². The minimum Gasteiger partial charge on any atom is -0.354 e. The van der Waals surface area contributed by atoms with Crippen LogP contribution in [0.5, 0.6) is 0 Å². The first-order chi connectivity index (χ1) is 19.6. The van der Waals surface area contributed by atoms with Gasteiger partial charge in [0.05, 0.1) is 22.5 Å². The van der Waals surface area contributed by atoms with Crippen LogP contribution in [0.25, 0.3) is 27.8 Å². The number of hydrogen-bond acceptors (Lipinski definition) is 7.